The van der Waals surface area contributed by atoms with Crippen LogP contribution in [0.2, 0.25) is 0 Å². The number of hydrogen-bond acceptors (Lipinski definition) is 5. The molecule has 0 bridgehead atoms. The molecule has 0 aromatic carbocycles. The smallest absolute Gasteiger partial charge is 0.339 e. The Hall–Kier alpha value is -1.43. The van der Waals surface area contributed by atoms with Crippen molar-refractivity contribution in [3.8, 4) is 0 Å². The predicted molar refractivity (Wildman–Crippen MR) is 49.6 cm³/mol. The van der Waals surface area contributed by atoms with E-state index in [1.807, 2.05) is 0 Å². The molecule has 76 valence electrons. The molecule has 1 aromatic rings. The molecule has 0 radical (unpaired) electrons. The summed E-state index contributed by atoms with van der Waals surface area (Å²) in [7, 11) is -1.25. The Morgan fingerprint density at radius 2 is 2.21 bits per heavy atom. The fourth-order valence-electron chi connectivity index (χ4n) is 0.953. The summed E-state index contributed by atoms with van der Waals surface area (Å²) >= 11 is 0. The van der Waals surface area contributed by atoms with Gasteiger partial charge in [-0.05, 0) is 11.6 Å². The lowest BCUT2D eigenvalue weighted by atomic mass is 10.2. The molecule has 5 nitrogen and oxygen atoms in total. The minimum Gasteiger partial charge on any atom is -0.465 e. The number of carbonyl (C=O) groups excluding carboxylic acids is 1. The number of aromatic nitrogens is 1. The van der Waals surface area contributed by atoms with Crippen LogP contribution in [0.5, 0.6) is 0 Å². The van der Waals surface area contributed by atoms with Crippen LogP contribution in [-0.4, -0.2) is 26.5 Å². The first kappa shape index (κ1) is 10.6. The summed E-state index contributed by atoms with van der Waals surface area (Å²) in [6.45, 7) is 0. The first-order chi connectivity index (χ1) is 6.63. The van der Waals surface area contributed by atoms with Gasteiger partial charge in [-0.1, -0.05) is 0 Å². The van der Waals surface area contributed by atoms with Crippen LogP contribution in [0.4, 0.5) is 0 Å². The Morgan fingerprint density at radius 1 is 1.50 bits per heavy atom. The van der Waals surface area contributed by atoms with Crippen molar-refractivity contribution in [1.82, 2.24) is 4.98 Å². The molecule has 0 saturated carbocycles. The van der Waals surface area contributed by atoms with E-state index in [1.165, 1.54) is 25.6 Å². The van der Waals surface area contributed by atoms with E-state index in [-0.39, 0.29) is 11.3 Å². The maximum Gasteiger partial charge on any atom is 0.339 e. The molecule has 1 heterocycles. The van der Waals surface area contributed by atoms with Gasteiger partial charge >= 0.3 is 5.97 Å². The number of carbonyl (C=O) groups is 1. The van der Waals surface area contributed by atoms with Crippen molar-refractivity contribution in [3.05, 3.63) is 29.6 Å². The summed E-state index contributed by atoms with van der Waals surface area (Å²) in [6.07, 6.45) is 2.73. The van der Waals surface area contributed by atoms with Crippen LogP contribution >= 0.6 is 0 Å². The van der Waals surface area contributed by atoms with E-state index in [2.05, 4.69) is 9.72 Å². The zero-order valence-corrected chi connectivity index (χ0v) is 8.36. The van der Waals surface area contributed by atoms with E-state index in [0.29, 0.717) is 5.56 Å². The number of pyridine rings is 1. The highest BCUT2D eigenvalue weighted by atomic mass is 32.2. The van der Waals surface area contributed by atoms with E-state index < -0.39 is 16.7 Å². The Kier molecular flexibility index (Phi) is 3.58. The van der Waals surface area contributed by atoms with Crippen LogP contribution in [0.1, 0.15) is 15.9 Å². The molecule has 0 saturated heterocycles. The van der Waals surface area contributed by atoms with Gasteiger partial charge in [-0.25, -0.2) is 13.2 Å². The molecule has 14 heavy (non-hydrogen) atoms. The average Bonchev–Trinajstić information content (AvgIpc) is 2.16. The van der Waals surface area contributed by atoms with E-state index in [1.54, 1.807) is 0 Å². The van der Waals surface area contributed by atoms with Gasteiger partial charge in [0, 0.05) is 12.4 Å². The fraction of sp³-hybridized carbons (Fsp3) is 0.250. The van der Waals surface area contributed by atoms with Gasteiger partial charge < -0.3 is 4.74 Å². The summed E-state index contributed by atoms with van der Waals surface area (Å²) < 4.78 is 25.3. The number of esters is 1. The van der Waals surface area contributed by atoms with Crippen LogP contribution in [0.3, 0.4) is 0 Å². The first-order valence-corrected chi connectivity index (χ1v) is 5.14. The monoisotopic (exact) mass is 215 g/mol. The SMILES string of the molecule is COC(=O)c1cncc(C[SH](=O)=O)c1. The highest BCUT2D eigenvalue weighted by Gasteiger charge is 2.06. The number of methoxy groups -OCH3 is 1. The Balaban J connectivity index is 2.94. The third-order valence-corrected chi connectivity index (χ3v) is 2.15. The third-order valence-electron chi connectivity index (χ3n) is 1.53. The minimum atomic E-state index is -2.50. The van der Waals surface area contributed by atoms with Crippen molar-refractivity contribution in [1.29, 1.82) is 0 Å². The molecular weight excluding hydrogens is 206 g/mol. The standard InChI is InChI=1S/C8H9NO4S/c1-13-8(10)7-2-6(3-9-4-7)5-14(11)12/h2-4,14H,5H2,1H3. The summed E-state index contributed by atoms with van der Waals surface area (Å²) in [5.74, 6) is -0.645. The van der Waals surface area contributed by atoms with E-state index >= 15 is 0 Å². The molecule has 0 aliphatic rings. The second-order valence-electron chi connectivity index (χ2n) is 2.56. The van der Waals surface area contributed by atoms with Gasteiger partial charge in [0.1, 0.15) is 10.7 Å². The number of nitrogens with zero attached hydrogens (tertiary/aromatic N) is 1. The number of rotatable bonds is 3. The number of ether oxygens (including phenoxy) is 1. The summed E-state index contributed by atoms with van der Waals surface area (Å²) in [5, 5.41) is 0. The first-order valence-electron chi connectivity index (χ1n) is 3.77. The fourth-order valence-corrected chi connectivity index (χ4v) is 1.42. The normalized spacial score (nSPS) is 10.1. The lowest BCUT2D eigenvalue weighted by Gasteiger charge is -1.99. The largest absolute Gasteiger partial charge is 0.465 e. The second kappa shape index (κ2) is 4.71. The van der Waals surface area contributed by atoms with Crippen LogP contribution < -0.4 is 0 Å². The van der Waals surface area contributed by atoms with Crippen molar-refractivity contribution in [2.45, 2.75) is 5.75 Å². The van der Waals surface area contributed by atoms with Gasteiger partial charge in [0.05, 0.1) is 18.4 Å². The van der Waals surface area contributed by atoms with Gasteiger partial charge in [0.25, 0.3) is 0 Å². The molecule has 0 N–H and O–H groups in total. The number of hydrogen-bond donors (Lipinski definition) is 1. The van der Waals surface area contributed by atoms with Crippen LogP contribution in [0.15, 0.2) is 18.5 Å². The van der Waals surface area contributed by atoms with Crippen molar-refractivity contribution in [2.24, 2.45) is 0 Å². The highest BCUT2D eigenvalue weighted by molar-refractivity contribution is 7.71. The molecule has 1 rings (SSSR count). The molecule has 0 unspecified atom stereocenters. The lowest BCUT2D eigenvalue weighted by molar-refractivity contribution is 0.0600. The van der Waals surface area contributed by atoms with E-state index in [9.17, 15) is 13.2 Å². The molecule has 0 fully saturated rings. The van der Waals surface area contributed by atoms with Crippen molar-refractivity contribution < 1.29 is 17.9 Å². The molecule has 0 aliphatic carbocycles. The zero-order chi connectivity index (χ0) is 10.6. The summed E-state index contributed by atoms with van der Waals surface area (Å²) in [6, 6.07) is 1.45. The Morgan fingerprint density at radius 3 is 2.79 bits per heavy atom. The summed E-state index contributed by atoms with van der Waals surface area (Å²) in [5.41, 5.74) is 0.728. The van der Waals surface area contributed by atoms with Crippen molar-refractivity contribution in [3.63, 3.8) is 0 Å². The van der Waals surface area contributed by atoms with E-state index in [0.717, 1.165) is 0 Å². The van der Waals surface area contributed by atoms with Gasteiger partial charge in [0.2, 0.25) is 0 Å². The van der Waals surface area contributed by atoms with E-state index in [4.69, 9.17) is 0 Å². The van der Waals surface area contributed by atoms with Gasteiger partial charge in [0.15, 0.2) is 0 Å². The van der Waals surface area contributed by atoms with Gasteiger partial charge in [-0.2, -0.15) is 0 Å². The number of thiol groups is 1. The molecule has 0 amide bonds. The zero-order valence-electron chi connectivity index (χ0n) is 7.47. The quantitative estimate of drug-likeness (QED) is 0.566. The van der Waals surface area contributed by atoms with Gasteiger partial charge in [-0.15, -0.1) is 0 Å². The Bertz CT molecular complexity index is 406. The van der Waals surface area contributed by atoms with Crippen LogP contribution in [-0.2, 0) is 21.2 Å². The highest BCUT2D eigenvalue weighted by Crippen LogP contribution is 2.04. The molecule has 0 aliphatic heterocycles. The van der Waals surface area contributed by atoms with Gasteiger partial charge in [-0.3, -0.25) is 4.98 Å². The maximum atomic E-state index is 11.0. The molecule has 0 spiro atoms. The van der Waals surface area contributed by atoms with Crippen molar-refractivity contribution >= 4 is 16.7 Å². The maximum absolute atomic E-state index is 11.0. The molecule has 1 aromatic heterocycles. The molecule has 6 heteroatoms. The topological polar surface area (TPSA) is 73.3 Å². The van der Waals surface area contributed by atoms with Crippen LogP contribution in [0.25, 0.3) is 0 Å². The molecular formula is C8H9NO4S. The molecule has 0 atom stereocenters. The third kappa shape index (κ3) is 2.81. The van der Waals surface area contributed by atoms with Crippen LogP contribution in [0, 0.1) is 0 Å². The lowest BCUT2D eigenvalue weighted by Crippen LogP contribution is -2.02. The van der Waals surface area contributed by atoms with Crippen molar-refractivity contribution in [2.75, 3.05) is 7.11 Å². The second-order valence-corrected chi connectivity index (χ2v) is 3.55. The predicted octanol–water partition coefficient (Wildman–Crippen LogP) is -0.0204. The summed E-state index contributed by atoms with van der Waals surface area (Å²) in [4.78, 5) is 14.8. The Labute approximate surface area is 82.7 Å². The minimum absolute atomic E-state index is 0.118. The average molecular weight is 215 g/mol.